The van der Waals surface area contributed by atoms with Gasteiger partial charge in [0.15, 0.2) is 28.1 Å². The third kappa shape index (κ3) is 5.57. The van der Waals surface area contributed by atoms with Gasteiger partial charge in [0.05, 0.1) is 11.2 Å². The van der Waals surface area contributed by atoms with Crippen LogP contribution in [-0.4, -0.2) is 64.8 Å². The third-order valence-corrected chi connectivity index (χ3v) is 7.27. The Kier molecular flexibility index (Phi) is 6.56. The van der Waals surface area contributed by atoms with Crippen LogP contribution in [0.1, 0.15) is 40.0 Å². The first kappa shape index (κ1) is 26.6. The van der Waals surface area contributed by atoms with E-state index in [9.17, 15) is 31.2 Å². The van der Waals surface area contributed by atoms with Gasteiger partial charge in [0.25, 0.3) is 5.91 Å². The molecule has 2 aliphatic rings. The van der Waals surface area contributed by atoms with E-state index >= 15 is 0 Å². The van der Waals surface area contributed by atoms with Gasteiger partial charge in [-0.15, -0.1) is 0 Å². The molecule has 1 spiro atoms. The molecule has 1 aliphatic carbocycles. The normalized spacial score (nSPS) is 18.7. The van der Waals surface area contributed by atoms with Crippen LogP contribution in [0.2, 0.25) is 0 Å². The molecule has 2 amide bonds. The van der Waals surface area contributed by atoms with E-state index in [1.54, 1.807) is 12.1 Å². The highest BCUT2D eigenvalue weighted by Crippen LogP contribution is 2.43. The summed E-state index contributed by atoms with van der Waals surface area (Å²) in [6.07, 6.45) is 1.15. The number of nitrogens with zero attached hydrogens (tertiary/aromatic N) is 4. The Hall–Kier alpha value is -4.01. The number of fused-ring (bicyclic) bond motifs is 3. The molecule has 0 saturated carbocycles. The number of halogens is 3. The van der Waals surface area contributed by atoms with Crippen LogP contribution in [0.4, 0.5) is 19.0 Å². The molecule has 39 heavy (non-hydrogen) atoms. The molecule has 0 saturated heterocycles. The standard InChI is InChI=1S/C24H23F3N6O5S/c1-39(36,37)11-19(34)30-21-20-17(32-33(21)18-6-8-28-13-29-18)10-23(31-22(20)35)7-2-3-14-9-15(4-5-16(14)23)38-12-24(25,26)27/h4-6,8-9,13H,2-3,7,10-12H2,1H3,(H,30,34)(H,31,35)/t23-/m0/s1. The van der Waals surface area contributed by atoms with Crippen molar-refractivity contribution in [3.05, 3.63) is 59.2 Å². The number of carbonyl (C=O) groups excluding carboxylic acids is 2. The van der Waals surface area contributed by atoms with Crippen molar-refractivity contribution in [1.82, 2.24) is 25.1 Å². The Morgan fingerprint density at radius 1 is 1.28 bits per heavy atom. The maximum Gasteiger partial charge on any atom is 0.422 e. The quantitative estimate of drug-likeness (QED) is 0.463. The molecule has 1 aliphatic heterocycles. The summed E-state index contributed by atoms with van der Waals surface area (Å²) in [5.41, 5.74) is 1.02. The average molecular weight is 565 g/mol. The van der Waals surface area contributed by atoms with E-state index in [4.69, 9.17) is 4.74 Å². The fraction of sp³-hybridized carbons (Fsp3) is 0.375. The van der Waals surface area contributed by atoms with Crippen molar-refractivity contribution < 1.29 is 35.9 Å². The molecule has 0 bridgehead atoms. The second-order valence-electron chi connectivity index (χ2n) is 9.56. The molecule has 0 radical (unpaired) electrons. The Labute approximate surface area is 220 Å². The smallest absolute Gasteiger partial charge is 0.422 e. The minimum atomic E-state index is -4.47. The van der Waals surface area contributed by atoms with Crippen molar-refractivity contribution in [3.63, 3.8) is 0 Å². The van der Waals surface area contributed by atoms with Gasteiger partial charge in [-0.2, -0.15) is 23.0 Å². The van der Waals surface area contributed by atoms with Crippen LogP contribution in [0.3, 0.4) is 0 Å². The Balaban J connectivity index is 1.53. The lowest BCUT2D eigenvalue weighted by molar-refractivity contribution is -0.153. The minimum absolute atomic E-state index is 0.0309. The molecule has 1 atom stereocenters. The Bertz CT molecular complexity index is 1560. The first-order valence-electron chi connectivity index (χ1n) is 11.8. The third-order valence-electron chi connectivity index (χ3n) is 6.49. The number of rotatable bonds is 6. The molecule has 0 unspecified atom stereocenters. The molecule has 15 heteroatoms. The zero-order valence-electron chi connectivity index (χ0n) is 20.6. The summed E-state index contributed by atoms with van der Waals surface area (Å²) in [6, 6.07) is 6.16. The lowest BCUT2D eigenvalue weighted by Gasteiger charge is -2.42. The summed E-state index contributed by atoms with van der Waals surface area (Å²) >= 11 is 0. The molecule has 206 valence electrons. The number of anilines is 1. The number of aryl methyl sites for hydroxylation is 1. The molecule has 5 rings (SSSR count). The molecule has 2 N–H and O–H groups in total. The van der Waals surface area contributed by atoms with Crippen LogP contribution < -0.4 is 15.4 Å². The fourth-order valence-corrected chi connectivity index (χ4v) is 5.61. The van der Waals surface area contributed by atoms with Gasteiger partial charge in [-0.1, -0.05) is 6.07 Å². The van der Waals surface area contributed by atoms with E-state index in [0.29, 0.717) is 25.0 Å². The SMILES string of the molecule is CS(=O)(=O)CC(=O)Nc1c2c(nn1-c1ccncn1)C[C@]1(CCCc3cc(OCC(F)(F)F)ccc31)NC2=O. The second kappa shape index (κ2) is 9.63. The number of carbonyl (C=O) groups is 2. The van der Waals surface area contributed by atoms with Crippen LogP contribution >= 0.6 is 0 Å². The molecule has 1 aromatic carbocycles. The summed E-state index contributed by atoms with van der Waals surface area (Å²) in [5, 5.41) is 10.1. The molecular weight excluding hydrogens is 541 g/mol. The van der Waals surface area contributed by atoms with Gasteiger partial charge in [-0.25, -0.2) is 18.4 Å². The van der Waals surface area contributed by atoms with Crippen molar-refractivity contribution >= 4 is 27.5 Å². The lowest BCUT2D eigenvalue weighted by Crippen LogP contribution is -2.52. The van der Waals surface area contributed by atoms with Crippen LogP contribution in [0.5, 0.6) is 5.75 Å². The number of aromatic nitrogens is 4. The topological polar surface area (TPSA) is 145 Å². The first-order valence-corrected chi connectivity index (χ1v) is 13.9. The number of hydrogen-bond acceptors (Lipinski definition) is 8. The number of sulfone groups is 1. The molecular formula is C24H23F3N6O5S. The van der Waals surface area contributed by atoms with Crippen molar-refractivity contribution in [2.45, 2.75) is 37.4 Å². The van der Waals surface area contributed by atoms with Gasteiger partial charge >= 0.3 is 6.18 Å². The van der Waals surface area contributed by atoms with Crippen LogP contribution in [0.15, 0.2) is 36.8 Å². The fourth-order valence-electron chi connectivity index (χ4n) is 5.06. The summed E-state index contributed by atoms with van der Waals surface area (Å²) in [6.45, 7) is -1.41. The van der Waals surface area contributed by atoms with E-state index in [1.165, 1.54) is 29.3 Å². The van der Waals surface area contributed by atoms with Crippen LogP contribution in [-0.2, 0) is 33.0 Å². The number of benzene rings is 1. The molecule has 0 fully saturated rings. The maximum atomic E-state index is 13.6. The van der Waals surface area contributed by atoms with Gasteiger partial charge in [-0.3, -0.25) is 9.59 Å². The zero-order valence-corrected chi connectivity index (χ0v) is 21.4. The summed E-state index contributed by atoms with van der Waals surface area (Å²) in [7, 11) is -3.65. The number of alkyl halides is 3. The monoisotopic (exact) mass is 564 g/mol. The summed E-state index contributed by atoms with van der Waals surface area (Å²) in [4.78, 5) is 34.1. The lowest BCUT2D eigenvalue weighted by atomic mass is 9.72. The largest absolute Gasteiger partial charge is 0.484 e. The highest BCUT2D eigenvalue weighted by Gasteiger charge is 2.45. The van der Waals surface area contributed by atoms with E-state index in [1.807, 2.05) is 0 Å². The van der Waals surface area contributed by atoms with Crippen molar-refractivity contribution in [2.24, 2.45) is 0 Å². The van der Waals surface area contributed by atoms with Gasteiger partial charge in [0.2, 0.25) is 5.91 Å². The van der Waals surface area contributed by atoms with E-state index in [0.717, 1.165) is 17.4 Å². The van der Waals surface area contributed by atoms with E-state index < -0.39 is 45.7 Å². The van der Waals surface area contributed by atoms with Gasteiger partial charge in [0, 0.05) is 24.9 Å². The first-order chi connectivity index (χ1) is 18.3. The maximum absolute atomic E-state index is 13.6. The van der Waals surface area contributed by atoms with Gasteiger partial charge in [0.1, 0.15) is 23.4 Å². The number of hydrogen-bond donors (Lipinski definition) is 2. The molecule has 3 heterocycles. The Morgan fingerprint density at radius 3 is 2.77 bits per heavy atom. The summed E-state index contributed by atoms with van der Waals surface area (Å²) < 4.78 is 67.4. The van der Waals surface area contributed by atoms with Gasteiger partial charge < -0.3 is 15.4 Å². The van der Waals surface area contributed by atoms with Crippen LogP contribution in [0.25, 0.3) is 5.82 Å². The van der Waals surface area contributed by atoms with Crippen molar-refractivity contribution in [3.8, 4) is 11.6 Å². The highest BCUT2D eigenvalue weighted by molar-refractivity contribution is 7.91. The molecule has 2 aromatic heterocycles. The zero-order chi connectivity index (χ0) is 28.0. The van der Waals surface area contributed by atoms with E-state index in [-0.39, 0.29) is 29.4 Å². The van der Waals surface area contributed by atoms with Crippen LogP contribution in [0, 0.1) is 0 Å². The number of ether oxygens (including phenoxy) is 1. The number of nitrogens with one attached hydrogen (secondary N) is 2. The number of amides is 2. The van der Waals surface area contributed by atoms with Crippen molar-refractivity contribution in [1.29, 1.82) is 0 Å². The predicted octanol–water partition coefficient (Wildman–Crippen LogP) is 2.10. The molecule has 3 aromatic rings. The summed E-state index contributed by atoms with van der Waals surface area (Å²) in [5.74, 6) is -1.90. The second-order valence-corrected chi connectivity index (χ2v) is 11.7. The van der Waals surface area contributed by atoms with Gasteiger partial charge in [-0.05, 0) is 42.5 Å². The highest BCUT2D eigenvalue weighted by atomic mass is 32.2. The minimum Gasteiger partial charge on any atom is -0.484 e. The average Bonchev–Trinajstić information content (AvgIpc) is 3.19. The molecule has 11 nitrogen and oxygen atoms in total. The Morgan fingerprint density at radius 2 is 2.08 bits per heavy atom. The van der Waals surface area contributed by atoms with Crippen molar-refractivity contribution in [2.75, 3.05) is 23.9 Å². The predicted molar refractivity (Wildman–Crippen MR) is 131 cm³/mol. The van der Waals surface area contributed by atoms with E-state index in [2.05, 4.69) is 25.7 Å².